The molecule has 0 fully saturated rings. The minimum Gasteiger partial charge on any atom is -0.490 e. The van der Waals surface area contributed by atoms with Crippen LogP contribution in [-0.2, 0) is 0 Å². The zero-order chi connectivity index (χ0) is 16.5. The van der Waals surface area contributed by atoms with Crippen LogP contribution in [0.2, 0.25) is 0 Å². The molecule has 0 aromatic heterocycles. The monoisotopic (exact) mass is 311 g/mol. The van der Waals surface area contributed by atoms with Gasteiger partial charge >= 0.3 is 6.03 Å². The summed E-state index contributed by atoms with van der Waals surface area (Å²) in [4.78, 5) is 23.6. The number of carbonyl (C=O) groups is 2. The van der Waals surface area contributed by atoms with Gasteiger partial charge in [0.2, 0.25) is 0 Å². The number of nitrogens with one attached hydrogen (secondary N) is 3. The summed E-state index contributed by atoms with van der Waals surface area (Å²) in [6.07, 6.45) is 1.63. The van der Waals surface area contributed by atoms with Crippen LogP contribution in [0, 0.1) is 0 Å². The van der Waals surface area contributed by atoms with E-state index in [9.17, 15) is 9.59 Å². The Kier molecular flexibility index (Phi) is 5.76. The molecule has 2 aromatic carbocycles. The number of rotatable bonds is 5. The average molecular weight is 311 g/mol. The Labute approximate surface area is 134 Å². The quantitative estimate of drug-likeness (QED) is 0.587. The maximum Gasteiger partial charge on any atom is 0.337 e. The average Bonchev–Trinajstić information content (AvgIpc) is 2.59. The highest BCUT2D eigenvalue weighted by Crippen LogP contribution is 2.12. The summed E-state index contributed by atoms with van der Waals surface area (Å²) in [5, 5.41) is 2.59. The molecule has 3 N–H and O–H groups in total. The van der Waals surface area contributed by atoms with Gasteiger partial charge in [0.05, 0.1) is 0 Å². The number of para-hydroxylation sites is 1. The lowest BCUT2D eigenvalue weighted by Crippen LogP contribution is -2.43. The third-order valence-corrected chi connectivity index (χ3v) is 2.81. The Bertz CT molecular complexity index is 669. The van der Waals surface area contributed by atoms with Crippen molar-refractivity contribution in [3.8, 4) is 5.75 Å². The van der Waals surface area contributed by atoms with E-state index in [2.05, 4.69) is 22.7 Å². The molecule has 6 nitrogen and oxygen atoms in total. The second-order valence-corrected chi connectivity index (χ2v) is 4.52. The van der Waals surface area contributed by atoms with Gasteiger partial charge < -0.3 is 10.1 Å². The van der Waals surface area contributed by atoms with Crippen molar-refractivity contribution < 1.29 is 14.3 Å². The molecule has 0 heterocycles. The van der Waals surface area contributed by atoms with Gasteiger partial charge in [-0.25, -0.2) is 10.2 Å². The van der Waals surface area contributed by atoms with Gasteiger partial charge in [-0.3, -0.25) is 10.2 Å². The van der Waals surface area contributed by atoms with Gasteiger partial charge in [-0.1, -0.05) is 30.9 Å². The molecule has 0 saturated heterocycles. The molecule has 6 heteroatoms. The number of carbonyl (C=O) groups excluding carboxylic acids is 2. The van der Waals surface area contributed by atoms with Crippen molar-refractivity contribution in [3.05, 3.63) is 72.8 Å². The topological polar surface area (TPSA) is 79.5 Å². The van der Waals surface area contributed by atoms with Crippen molar-refractivity contribution in [2.45, 2.75) is 0 Å². The Morgan fingerprint density at radius 3 is 2.35 bits per heavy atom. The maximum absolute atomic E-state index is 11.9. The standard InChI is InChI=1S/C17H17N3O3/c1-2-12-23-15-10-8-13(9-11-15)16(21)19-20-17(22)18-14-6-4-3-5-7-14/h2-11H,1,12H2,(H,19,21)(H2,18,20,22). The zero-order valence-electron chi connectivity index (χ0n) is 12.4. The van der Waals surface area contributed by atoms with Crippen LogP contribution in [-0.4, -0.2) is 18.5 Å². The minimum absolute atomic E-state index is 0.396. The maximum atomic E-state index is 11.9. The molecule has 0 saturated carbocycles. The van der Waals surface area contributed by atoms with Crippen LogP contribution >= 0.6 is 0 Å². The highest BCUT2D eigenvalue weighted by Gasteiger charge is 2.07. The van der Waals surface area contributed by atoms with E-state index >= 15 is 0 Å². The van der Waals surface area contributed by atoms with Crippen LogP contribution in [0.5, 0.6) is 5.75 Å². The number of ether oxygens (including phenoxy) is 1. The highest BCUT2D eigenvalue weighted by molar-refractivity contribution is 5.97. The molecule has 0 aliphatic carbocycles. The van der Waals surface area contributed by atoms with Gasteiger partial charge in [0.15, 0.2) is 0 Å². The van der Waals surface area contributed by atoms with E-state index in [1.165, 1.54) is 0 Å². The normalized spacial score (nSPS) is 9.57. The molecule has 0 bridgehead atoms. The van der Waals surface area contributed by atoms with E-state index in [0.717, 1.165) is 0 Å². The minimum atomic E-state index is -0.532. The van der Waals surface area contributed by atoms with Crippen molar-refractivity contribution in [2.75, 3.05) is 11.9 Å². The summed E-state index contributed by atoms with van der Waals surface area (Å²) in [6, 6.07) is 14.9. The van der Waals surface area contributed by atoms with Crippen molar-refractivity contribution in [2.24, 2.45) is 0 Å². The van der Waals surface area contributed by atoms with Crippen LogP contribution in [0.4, 0.5) is 10.5 Å². The lowest BCUT2D eigenvalue weighted by Gasteiger charge is -2.09. The number of hydrogen-bond acceptors (Lipinski definition) is 3. The van der Waals surface area contributed by atoms with Gasteiger partial charge in [-0.2, -0.15) is 0 Å². The molecule has 2 rings (SSSR count). The first-order valence-corrected chi connectivity index (χ1v) is 6.95. The van der Waals surface area contributed by atoms with Gasteiger partial charge in [-0.05, 0) is 36.4 Å². The van der Waals surface area contributed by atoms with Crippen molar-refractivity contribution in [1.82, 2.24) is 10.9 Å². The van der Waals surface area contributed by atoms with Crippen LogP contribution in [0.1, 0.15) is 10.4 Å². The summed E-state index contributed by atoms with van der Waals surface area (Å²) in [7, 11) is 0. The first kappa shape index (κ1) is 16.1. The molecule has 0 radical (unpaired) electrons. The van der Waals surface area contributed by atoms with E-state index in [1.807, 2.05) is 6.07 Å². The zero-order valence-corrected chi connectivity index (χ0v) is 12.4. The summed E-state index contributed by atoms with van der Waals surface area (Å²) in [5.74, 6) is 0.208. The summed E-state index contributed by atoms with van der Waals surface area (Å²) >= 11 is 0. The van der Waals surface area contributed by atoms with Gasteiger partial charge in [0.25, 0.3) is 5.91 Å². The number of urea groups is 1. The molecule has 118 valence electrons. The smallest absolute Gasteiger partial charge is 0.337 e. The molecule has 2 aromatic rings. The van der Waals surface area contributed by atoms with E-state index in [1.54, 1.807) is 54.6 Å². The Morgan fingerprint density at radius 2 is 1.70 bits per heavy atom. The third kappa shape index (κ3) is 5.20. The van der Waals surface area contributed by atoms with Crippen LogP contribution in [0.3, 0.4) is 0 Å². The van der Waals surface area contributed by atoms with Crippen molar-refractivity contribution in [1.29, 1.82) is 0 Å². The SMILES string of the molecule is C=CCOc1ccc(C(=O)NNC(=O)Nc2ccccc2)cc1. The lowest BCUT2D eigenvalue weighted by atomic mass is 10.2. The van der Waals surface area contributed by atoms with Crippen molar-refractivity contribution >= 4 is 17.6 Å². The fourth-order valence-corrected chi connectivity index (χ4v) is 1.73. The molecular formula is C17H17N3O3. The number of benzene rings is 2. The highest BCUT2D eigenvalue weighted by atomic mass is 16.5. The molecular weight excluding hydrogens is 294 g/mol. The van der Waals surface area contributed by atoms with E-state index < -0.39 is 11.9 Å². The summed E-state index contributed by atoms with van der Waals surface area (Å²) in [5.41, 5.74) is 5.63. The molecule has 0 unspecified atom stereocenters. The molecule has 0 aliphatic heterocycles. The Balaban J connectivity index is 1.82. The molecule has 0 aliphatic rings. The molecule has 0 spiro atoms. The van der Waals surface area contributed by atoms with Gasteiger partial charge in [0.1, 0.15) is 12.4 Å². The molecule has 23 heavy (non-hydrogen) atoms. The first-order valence-electron chi connectivity index (χ1n) is 6.95. The van der Waals surface area contributed by atoms with E-state index in [-0.39, 0.29) is 0 Å². The van der Waals surface area contributed by atoms with Gasteiger partial charge in [0, 0.05) is 11.3 Å². The van der Waals surface area contributed by atoms with Crippen molar-refractivity contribution in [3.63, 3.8) is 0 Å². The largest absolute Gasteiger partial charge is 0.490 e. The lowest BCUT2D eigenvalue weighted by molar-refractivity contribution is 0.0938. The summed E-state index contributed by atoms with van der Waals surface area (Å²) < 4.78 is 5.32. The summed E-state index contributed by atoms with van der Waals surface area (Å²) in [6.45, 7) is 3.95. The fourth-order valence-electron chi connectivity index (χ4n) is 1.73. The number of hydrazine groups is 1. The van der Waals surface area contributed by atoms with Gasteiger partial charge in [-0.15, -0.1) is 0 Å². The predicted molar refractivity (Wildman–Crippen MR) is 88.2 cm³/mol. The predicted octanol–water partition coefficient (Wildman–Crippen LogP) is 2.72. The van der Waals surface area contributed by atoms with Crippen LogP contribution < -0.4 is 20.9 Å². The molecule has 3 amide bonds. The van der Waals surface area contributed by atoms with Crippen LogP contribution in [0.25, 0.3) is 0 Å². The number of anilines is 1. The first-order chi connectivity index (χ1) is 11.2. The second kappa shape index (κ2) is 8.23. The van der Waals surface area contributed by atoms with Crippen LogP contribution in [0.15, 0.2) is 67.3 Å². The fraction of sp³-hybridized carbons (Fsp3) is 0.0588. The molecule has 0 atom stereocenters. The van der Waals surface area contributed by atoms with E-state index in [4.69, 9.17) is 4.74 Å². The Morgan fingerprint density at radius 1 is 1.00 bits per heavy atom. The number of amides is 3. The van der Waals surface area contributed by atoms with E-state index in [0.29, 0.717) is 23.6 Å². The Hall–Kier alpha value is -3.28. The third-order valence-electron chi connectivity index (χ3n) is 2.81. The second-order valence-electron chi connectivity index (χ2n) is 4.52. The number of hydrogen-bond donors (Lipinski definition) is 3.